The molecule has 0 saturated heterocycles. The fraction of sp³-hybridized carbons (Fsp3) is 0.400. The molecule has 0 amide bonds. The Labute approximate surface area is 124 Å². The Kier molecular flexibility index (Phi) is 5.30. The van der Waals surface area contributed by atoms with E-state index in [1.54, 1.807) is 0 Å². The Balaban J connectivity index is 2.05. The first-order chi connectivity index (χ1) is 9.74. The van der Waals surface area contributed by atoms with E-state index in [4.69, 9.17) is 11.6 Å². The maximum atomic E-state index is 6.05. The zero-order chi connectivity index (χ0) is 14.4. The number of aliphatic imine (C=N–C) groups is 1. The molecule has 0 aliphatic carbocycles. The standard InChI is InChI=1S/C15H21ClN4/c1-3-17-15(18-4-2)19-8-7-11-10-20-14-6-5-12(16)9-13(11)14/h5-6,9-10,20H,3-4,7-8H2,1-2H3,(H2,17,18,19). The molecule has 0 atom stereocenters. The monoisotopic (exact) mass is 292 g/mol. The van der Waals surface area contributed by atoms with Crippen molar-refractivity contribution in [2.24, 2.45) is 4.99 Å². The number of halogens is 1. The number of hydrogen-bond acceptors (Lipinski definition) is 1. The molecule has 2 rings (SSSR count). The maximum absolute atomic E-state index is 6.05. The number of nitrogens with one attached hydrogen (secondary N) is 3. The van der Waals surface area contributed by atoms with Gasteiger partial charge in [0.1, 0.15) is 0 Å². The van der Waals surface area contributed by atoms with Crippen LogP contribution >= 0.6 is 11.6 Å². The highest BCUT2D eigenvalue weighted by Gasteiger charge is 2.04. The van der Waals surface area contributed by atoms with Crippen molar-refractivity contribution in [3.05, 3.63) is 35.0 Å². The molecular formula is C15H21ClN4. The van der Waals surface area contributed by atoms with Crippen molar-refractivity contribution in [3.63, 3.8) is 0 Å². The van der Waals surface area contributed by atoms with Gasteiger partial charge in [0, 0.05) is 41.8 Å². The van der Waals surface area contributed by atoms with Gasteiger partial charge in [0.25, 0.3) is 0 Å². The van der Waals surface area contributed by atoms with Gasteiger partial charge in [0.05, 0.1) is 0 Å². The second-order valence-electron chi connectivity index (χ2n) is 4.54. The molecule has 0 aliphatic heterocycles. The Morgan fingerprint density at radius 2 is 2.00 bits per heavy atom. The zero-order valence-corrected chi connectivity index (χ0v) is 12.7. The topological polar surface area (TPSA) is 52.2 Å². The van der Waals surface area contributed by atoms with Crippen molar-refractivity contribution >= 4 is 28.5 Å². The summed E-state index contributed by atoms with van der Waals surface area (Å²) < 4.78 is 0. The summed E-state index contributed by atoms with van der Waals surface area (Å²) in [6, 6.07) is 5.91. The van der Waals surface area contributed by atoms with Gasteiger partial charge in [-0.15, -0.1) is 0 Å². The second kappa shape index (κ2) is 7.20. The molecule has 1 aromatic carbocycles. The van der Waals surface area contributed by atoms with Gasteiger partial charge in [0.15, 0.2) is 5.96 Å². The summed E-state index contributed by atoms with van der Waals surface area (Å²) in [6.07, 6.45) is 2.93. The Bertz CT molecular complexity index is 581. The molecule has 1 aromatic heterocycles. The van der Waals surface area contributed by atoms with E-state index >= 15 is 0 Å². The molecule has 0 aliphatic rings. The van der Waals surface area contributed by atoms with Gasteiger partial charge in [-0.25, -0.2) is 0 Å². The Morgan fingerprint density at radius 3 is 2.70 bits per heavy atom. The van der Waals surface area contributed by atoms with Gasteiger partial charge < -0.3 is 15.6 Å². The van der Waals surface area contributed by atoms with E-state index in [0.717, 1.165) is 42.6 Å². The van der Waals surface area contributed by atoms with Gasteiger partial charge in [0.2, 0.25) is 0 Å². The predicted octanol–water partition coefficient (Wildman–Crippen LogP) is 2.94. The molecule has 0 saturated carbocycles. The van der Waals surface area contributed by atoms with E-state index in [1.807, 2.05) is 24.4 Å². The van der Waals surface area contributed by atoms with Crippen LogP contribution in [0.15, 0.2) is 29.4 Å². The molecule has 2 aromatic rings. The molecule has 0 radical (unpaired) electrons. The summed E-state index contributed by atoms with van der Waals surface area (Å²) in [5.41, 5.74) is 2.37. The van der Waals surface area contributed by atoms with Crippen molar-refractivity contribution in [2.75, 3.05) is 19.6 Å². The summed E-state index contributed by atoms with van der Waals surface area (Å²) in [4.78, 5) is 7.82. The normalized spacial score (nSPS) is 10.6. The zero-order valence-electron chi connectivity index (χ0n) is 12.0. The third-order valence-corrected chi connectivity index (χ3v) is 3.30. The van der Waals surface area contributed by atoms with E-state index in [2.05, 4.69) is 34.5 Å². The average Bonchev–Trinajstić information content (AvgIpc) is 2.82. The van der Waals surface area contributed by atoms with Crippen LogP contribution in [0.4, 0.5) is 0 Å². The number of rotatable bonds is 5. The fourth-order valence-corrected chi connectivity index (χ4v) is 2.33. The maximum Gasteiger partial charge on any atom is 0.191 e. The van der Waals surface area contributed by atoms with Crippen molar-refractivity contribution in [2.45, 2.75) is 20.3 Å². The van der Waals surface area contributed by atoms with Gasteiger partial charge >= 0.3 is 0 Å². The van der Waals surface area contributed by atoms with E-state index in [1.165, 1.54) is 10.9 Å². The van der Waals surface area contributed by atoms with Crippen molar-refractivity contribution in [3.8, 4) is 0 Å². The van der Waals surface area contributed by atoms with Crippen LogP contribution in [0.1, 0.15) is 19.4 Å². The lowest BCUT2D eigenvalue weighted by Crippen LogP contribution is -2.37. The lowest BCUT2D eigenvalue weighted by atomic mass is 10.1. The van der Waals surface area contributed by atoms with Crippen LogP contribution < -0.4 is 10.6 Å². The summed E-state index contributed by atoms with van der Waals surface area (Å²) in [7, 11) is 0. The van der Waals surface area contributed by atoms with Gasteiger partial charge in [-0.05, 0) is 44.0 Å². The summed E-state index contributed by atoms with van der Waals surface area (Å²) in [6.45, 7) is 6.61. The quantitative estimate of drug-likeness (QED) is 0.586. The van der Waals surface area contributed by atoms with Gasteiger partial charge in [-0.2, -0.15) is 0 Å². The number of nitrogens with zero attached hydrogens (tertiary/aromatic N) is 1. The largest absolute Gasteiger partial charge is 0.361 e. The highest BCUT2D eigenvalue weighted by Crippen LogP contribution is 2.22. The van der Waals surface area contributed by atoms with Crippen LogP contribution in [0.25, 0.3) is 10.9 Å². The number of benzene rings is 1. The van der Waals surface area contributed by atoms with Crippen LogP contribution in [0.2, 0.25) is 5.02 Å². The number of fused-ring (bicyclic) bond motifs is 1. The minimum Gasteiger partial charge on any atom is -0.361 e. The molecule has 0 bridgehead atoms. The minimum atomic E-state index is 0.745. The second-order valence-corrected chi connectivity index (χ2v) is 4.98. The molecule has 108 valence electrons. The molecule has 3 N–H and O–H groups in total. The van der Waals surface area contributed by atoms with Crippen molar-refractivity contribution < 1.29 is 0 Å². The van der Waals surface area contributed by atoms with E-state index in [-0.39, 0.29) is 0 Å². The van der Waals surface area contributed by atoms with Gasteiger partial charge in [-0.3, -0.25) is 4.99 Å². The SMILES string of the molecule is CCNC(=NCCc1c[nH]c2ccc(Cl)cc12)NCC. The molecule has 0 fully saturated rings. The lowest BCUT2D eigenvalue weighted by molar-refractivity contribution is 0.834. The lowest BCUT2D eigenvalue weighted by Gasteiger charge is -2.08. The molecule has 20 heavy (non-hydrogen) atoms. The first-order valence-electron chi connectivity index (χ1n) is 7.02. The Morgan fingerprint density at radius 1 is 1.25 bits per heavy atom. The van der Waals surface area contributed by atoms with Crippen LogP contribution in [0.5, 0.6) is 0 Å². The smallest absolute Gasteiger partial charge is 0.191 e. The number of aromatic nitrogens is 1. The number of H-pyrrole nitrogens is 1. The highest BCUT2D eigenvalue weighted by molar-refractivity contribution is 6.31. The third kappa shape index (κ3) is 3.67. The number of hydrogen-bond donors (Lipinski definition) is 3. The molecule has 0 spiro atoms. The highest BCUT2D eigenvalue weighted by atomic mass is 35.5. The molecule has 1 heterocycles. The minimum absolute atomic E-state index is 0.745. The Hall–Kier alpha value is -1.68. The molecule has 4 nitrogen and oxygen atoms in total. The number of aromatic amines is 1. The van der Waals surface area contributed by atoms with E-state index in [9.17, 15) is 0 Å². The van der Waals surface area contributed by atoms with Crippen LogP contribution in [0, 0.1) is 0 Å². The van der Waals surface area contributed by atoms with Crippen molar-refractivity contribution in [1.82, 2.24) is 15.6 Å². The molecular weight excluding hydrogens is 272 g/mol. The molecule has 0 unspecified atom stereocenters. The van der Waals surface area contributed by atoms with Gasteiger partial charge in [-0.1, -0.05) is 11.6 Å². The van der Waals surface area contributed by atoms with Crippen LogP contribution in [0.3, 0.4) is 0 Å². The molecule has 5 heteroatoms. The van der Waals surface area contributed by atoms with E-state index < -0.39 is 0 Å². The van der Waals surface area contributed by atoms with Crippen LogP contribution in [-0.2, 0) is 6.42 Å². The first-order valence-corrected chi connectivity index (χ1v) is 7.40. The summed E-state index contributed by atoms with van der Waals surface area (Å²) in [5.74, 6) is 0.868. The van der Waals surface area contributed by atoms with E-state index in [0.29, 0.717) is 0 Å². The summed E-state index contributed by atoms with van der Waals surface area (Å²) >= 11 is 6.05. The fourth-order valence-electron chi connectivity index (χ4n) is 2.15. The van der Waals surface area contributed by atoms with Crippen LogP contribution in [-0.4, -0.2) is 30.6 Å². The average molecular weight is 293 g/mol. The first kappa shape index (κ1) is 14.7. The summed E-state index contributed by atoms with van der Waals surface area (Å²) in [5, 5.41) is 8.39. The predicted molar refractivity (Wildman–Crippen MR) is 86.7 cm³/mol. The third-order valence-electron chi connectivity index (χ3n) is 3.07. The number of guanidine groups is 1. The van der Waals surface area contributed by atoms with Crippen molar-refractivity contribution in [1.29, 1.82) is 0 Å².